The van der Waals surface area contributed by atoms with E-state index in [1.54, 1.807) is 11.3 Å². The van der Waals surface area contributed by atoms with Crippen LogP contribution in [0.5, 0.6) is 0 Å². The van der Waals surface area contributed by atoms with Crippen molar-refractivity contribution >= 4 is 38.8 Å². The molecule has 0 radical (unpaired) electrons. The van der Waals surface area contributed by atoms with Crippen molar-refractivity contribution < 1.29 is 0 Å². The van der Waals surface area contributed by atoms with Gasteiger partial charge in [-0.05, 0) is 37.1 Å². The standard InChI is InChI=1S/C18H20ClN3S/c1-11-12(2)21-18-13(11)4-3-5-14(18)15-10-22(9-8-20-15)17-7-6-16(19)23-17/h3-7,15,20-21H,8-10H2,1-2H3. The minimum atomic E-state index is 0.325. The Labute approximate surface area is 145 Å². The van der Waals surface area contributed by atoms with E-state index in [9.17, 15) is 0 Å². The highest BCUT2D eigenvalue weighted by atomic mass is 35.5. The third-order valence-corrected chi connectivity index (χ3v) is 6.09. The highest BCUT2D eigenvalue weighted by Gasteiger charge is 2.24. The number of fused-ring (bicyclic) bond motifs is 1. The largest absolute Gasteiger partial charge is 0.360 e. The summed E-state index contributed by atoms with van der Waals surface area (Å²) in [6, 6.07) is 11.0. The highest BCUT2D eigenvalue weighted by Crippen LogP contribution is 2.34. The molecule has 0 amide bonds. The quantitative estimate of drug-likeness (QED) is 0.708. The summed E-state index contributed by atoms with van der Waals surface area (Å²) in [5.41, 5.74) is 5.22. The molecule has 23 heavy (non-hydrogen) atoms. The Morgan fingerprint density at radius 2 is 2.09 bits per heavy atom. The van der Waals surface area contributed by atoms with Gasteiger partial charge in [-0.3, -0.25) is 0 Å². The molecule has 0 aliphatic carbocycles. The van der Waals surface area contributed by atoms with Gasteiger partial charge in [-0.1, -0.05) is 29.8 Å². The minimum absolute atomic E-state index is 0.325. The summed E-state index contributed by atoms with van der Waals surface area (Å²) in [4.78, 5) is 6.00. The van der Waals surface area contributed by atoms with Crippen molar-refractivity contribution in [1.82, 2.24) is 10.3 Å². The number of nitrogens with one attached hydrogen (secondary N) is 2. The first-order valence-corrected chi connectivity index (χ1v) is 9.14. The van der Waals surface area contributed by atoms with Crippen LogP contribution >= 0.6 is 22.9 Å². The fraction of sp³-hybridized carbons (Fsp3) is 0.333. The number of benzene rings is 1. The highest BCUT2D eigenvalue weighted by molar-refractivity contribution is 7.19. The van der Waals surface area contributed by atoms with Gasteiger partial charge in [-0.25, -0.2) is 0 Å². The molecule has 0 bridgehead atoms. The molecule has 3 heterocycles. The molecule has 0 saturated carbocycles. The van der Waals surface area contributed by atoms with Crippen LogP contribution in [-0.4, -0.2) is 24.6 Å². The number of rotatable bonds is 2. The molecule has 1 atom stereocenters. The van der Waals surface area contributed by atoms with Crippen molar-refractivity contribution in [1.29, 1.82) is 0 Å². The van der Waals surface area contributed by atoms with E-state index in [4.69, 9.17) is 11.6 Å². The molecule has 1 aliphatic heterocycles. The van der Waals surface area contributed by atoms with E-state index in [-0.39, 0.29) is 0 Å². The number of aromatic amines is 1. The molecule has 2 aromatic heterocycles. The van der Waals surface area contributed by atoms with Gasteiger partial charge in [0.2, 0.25) is 0 Å². The van der Waals surface area contributed by atoms with Crippen LogP contribution in [0.25, 0.3) is 10.9 Å². The normalized spacial score (nSPS) is 18.7. The van der Waals surface area contributed by atoms with Crippen LogP contribution in [0.3, 0.4) is 0 Å². The Morgan fingerprint density at radius 1 is 1.22 bits per heavy atom. The van der Waals surface area contributed by atoms with Gasteiger partial charge in [0.25, 0.3) is 0 Å². The zero-order valence-electron chi connectivity index (χ0n) is 13.3. The fourth-order valence-electron chi connectivity index (χ4n) is 3.43. The molecule has 1 aliphatic rings. The molecule has 1 unspecified atom stereocenters. The summed E-state index contributed by atoms with van der Waals surface area (Å²) in [6.07, 6.45) is 0. The number of aryl methyl sites for hydroxylation is 2. The van der Waals surface area contributed by atoms with Crippen LogP contribution in [0.4, 0.5) is 5.00 Å². The maximum Gasteiger partial charge on any atom is 0.0950 e. The van der Waals surface area contributed by atoms with Crippen LogP contribution < -0.4 is 10.2 Å². The number of nitrogens with zero attached hydrogens (tertiary/aromatic N) is 1. The van der Waals surface area contributed by atoms with E-state index in [0.717, 1.165) is 24.0 Å². The molecule has 3 nitrogen and oxygen atoms in total. The first kappa shape index (κ1) is 15.1. The number of hydrogen-bond donors (Lipinski definition) is 2. The van der Waals surface area contributed by atoms with Crippen LogP contribution in [0.15, 0.2) is 30.3 Å². The Balaban J connectivity index is 1.69. The smallest absolute Gasteiger partial charge is 0.0950 e. The molecule has 120 valence electrons. The van der Waals surface area contributed by atoms with Gasteiger partial charge < -0.3 is 15.2 Å². The van der Waals surface area contributed by atoms with E-state index < -0.39 is 0 Å². The second kappa shape index (κ2) is 5.86. The summed E-state index contributed by atoms with van der Waals surface area (Å²) in [7, 11) is 0. The van der Waals surface area contributed by atoms with Gasteiger partial charge in [0.15, 0.2) is 0 Å². The fourth-order valence-corrected chi connectivity index (χ4v) is 4.50. The number of para-hydroxylation sites is 1. The Kier molecular flexibility index (Phi) is 3.84. The zero-order chi connectivity index (χ0) is 16.0. The van der Waals surface area contributed by atoms with Gasteiger partial charge in [0, 0.05) is 30.7 Å². The summed E-state index contributed by atoms with van der Waals surface area (Å²) in [5, 5.41) is 6.26. The predicted octanol–water partition coefficient (Wildman–Crippen LogP) is 4.65. The number of thiophene rings is 1. The van der Waals surface area contributed by atoms with E-state index in [2.05, 4.69) is 53.3 Å². The Bertz CT molecular complexity index is 851. The minimum Gasteiger partial charge on any atom is -0.360 e. The Morgan fingerprint density at radius 3 is 2.87 bits per heavy atom. The number of halogens is 1. The number of H-pyrrole nitrogens is 1. The maximum atomic E-state index is 6.10. The van der Waals surface area contributed by atoms with Crippen molar-refractivity contribution in [3.8, 4) is 0 Å². The van der Waals surface area contributed by atoms with Crippen molar-refractivity contribution in [2.45, 2.75) is 19.9 Å². The number of aromatic nitrogens is 1. The molecular formula is C18H20ClN3S. The Hall–Kier alpha value is -1.49. The van der Waals surface area contributed by atoms with E-state index >= 15 is 0 Å². The van der Waals surface area contributed by atoms with Crippen molar-refractivity contribution in [2.24, 2.45) is 0 Å². The van der Waals surface area contributed by atoms with Gasteiger partial charge in [-0.2, -0.15) is 0 Å². The second-order valence-corrected chi connectivity index (χ2v) is 7.87. The van der Waals surface area contributed by atoms with Gasteiger partial charge in [-0.15, -0.1) is 11.3 Å². The zero-order valence-corrected chi connectivity index (χ0v) is 14.9. The third kappa shape index (κ3) is 2.65. The summed E-state index contributed by atoms with van der Waals surface area (Å²) in [6.45, 7) is 7.30. The van der Waals surface area contributed by atoms with Crippen LogP contribution in [0.2, 0.25) is 4.34 Å². The second-order valence-electron chi connectivity index (χ2n) is 6.18. The van der Waals surface area contributed by atoms with Crippen LogP contribution in [-0.2, 0) is 0 Å². The average Bonchev–Trinajstić information content (AvgIpc) is 3.12. The molecule has 5 heteroatoms. The molecule has 1 saturated heterocycles. The van der Waals surface area contributed by atoms with Gasteiger partial charge in [0.05, 0.1) is 20.9 Å². The monoisotopic (exact) mass is 345 g/mol. The van der Waals surface area contributed by atoms with E-state index in [1.807, 2.05) is 6.07 Å². The van der Waals surface area contributed by atoms with E-state index in [0.29, 0.717) is 6.04 Å². The summed E-state index contributed by atoms with van der Waals surface area (Å²) >= 11 is 7.76. The predicted molar refractivity (Wildman–Crippen MR) is 100 cm³/mol. The molecule has 4 rings (SSSR count). The first-order valence-electron chi connectivity index (χ1n) is 7.95. The van der Waals surface area contributed by atoms with Crippen LogP contribution in [0, 0.1) is 13.8 Å². The summed E-state index contributed by atoms with van der Waals surface area (Å²) < 4.78 is 0.854. The lowest BCUT2D eigenvalue weighted by molar-refractivity contribution is 0.475. The van der Waals surface area contributed by atoms with Crippen molar-refractivity contribution in [3.63, 3.8) is 0 Å². The third-order valence-electron chi connectivity index (χ3n) is 4.80. The molecule has 2 N–H and O–H groups in total. The number of hydrogen-bond acceptors (Lipinski definition) is 3. The molecule has 1 aromatic carbocycles. The lowest BCUT2D eigenvalue weighted by Crippen LogP contribution is -2.45. The molecule has 3 aromatic rings. The maximum absolute atomic E-state index is 6.10. The SMILES string of the molecule is Cc1[nH]c2c(C3CN(c4ccc(Cl)s4)CCN3)cccc2c1C. The van der Waals surface area contributed by atoms with Crippen molar-refractivity contribution in [3.05, 3.63) is 51.5 Å². The topological polar surface area (TPSA) is 31.1 Å². The molecule has 1 fully saturated rings. The van der Waals surface area contributed by atoms with E-state index in [1.165, 1.54) is 32.7 Å². The summed E-state index contributed by atoms with van der Waals surface area (Å²) in [5.74, 6) is 0. The lowest BCUT2D eigenvalue weighted by atomic mass is 10.0. The average molecular weight is 346 g/mol. The molecule has 0 spiro atoms. The van der Waals surface area contributed by atoms with Crippen molar-refractivity contribution in [2.75, 3.05) is 24.5 Å². The number of anilines is 1. The van der Waals surface area contributed by atoms with Crippen LogP contribution in [0.1, 0.15) is 22.9 Å². The van der Waals surface area contributed by atoms with Gasteiger partial charge >= 0.3 is 0 Å². The number of piperazine rings is 1. The first-order chi connectivity index (χ1) is 11.1. The van der Waals surface area contributed by atoms with Gasteiger partial charge in [0.1, 0.15) is 0 Å². The molecular weight excluding hydrogens is 326 g/mol. The lowest BCUT2D eigenvalue weighted by Gasteiger charge is -2.34.